The van der Waals surface area contributed by atoms with Crippen molar-refractivity contribution in [1.82, 2.24) is 9.80 Å². The minimum absolute atomic E-state index is 0.0124. The molecule has 1 amide bonds. The number of hydrogen-bond acceptors (Lipinski definition) is 5. The molecule has 1 aromatic carbocycles. The third-order valence-electron chi connectivity index (χ3n) is 5.96. The van der Waals surface area contributed by atoms with E-state index in [2.05, 4.69) is 17.0 Å². The van der Waals surface area contributed by atoms with Gasteiger partial charge in [-0.1, -0.05) is 19.9 Å². The maximum atomic E-state index is 12.3. The van der Waals surface area contributed by atoms with Crippen molar-refractivity contribution in [3.63, 3.8) is 0 Å². The number of amides is 1. The molecule has 3 heterocycles. The van der Waals surface area contributed by atoms with Crippen LogP contribution in [0.2, 0.25) is 0 Å². The van der Waals surface area contributed by atoms with Crippen molar-refractivity contribution in [1.29, 1.82) is 0 Å². The van der Waals surface area contributed by atoms with Crippen molar-refractivity contribution in [3.8, 4) is 11.5 Å². The number of likely N-dealkylation sites (tertiary alicyclic amines) is 2. The fourth-order valence-electron chi connectivity index (χ4n) is 4.61. The highest BCUT2D eigenvalue weighted by molar-refractivity contribution is 5.78. The number of nitrogens with zero attached hydrogens (tertiary/aromatic N) is 2. The molecule has 0 spiro atoms. The maximum absolute atomic E-state index is 12.3. The van der Waals surface area contributed by atoms with Gasteiger partial charge in [0.05, 0.1) is 6.61 Å². The fraction of sp³-hybridized carbons (Fsp3) is 0.650. The van der Waals surface area contributed by atoms with Gasteiger partial charge >= 0.3 is 0 Å². The molecule has 2 atom stereocenters. The molecule has 2 fully saturated rings. The lowest BCUT2D eigenvalue weighted by molar-refractivity contribution is -0.134. The molecule has 1 aromatic rings. The maximum Gasteiger partial charge on any atom is 0.225 e. The number of aliphatic hydroxyl groups is 1. The summed E-state index contributed by atoms with van der Waals surface area (Å²) in [5.41, 5.74) is 1.01. The second-order valence-electron chi connectivity index (χ2n) is 8.24. The summed E-state index contributed by atoms with van der Waals surface area (Å²) in [6.45, 7) is 9.20. The third kappa shape index (κ3) is 3.05. The van der Waals surface area contributed by atoms with Crippen LogP contribution in [0.15, 0.2) is 18.2 Å². The molecule has 0 unspecified atom stereocenters. The van der Waals surface area contributed by atoms with Crippen LogP contribution in [-0.2, 0) is 11.3 Å². The first-order chi connectivity index (χ1) is 12.5. The molecule has 0 bridgehead atoms. The Hall–Kier alpha value is -1.79. The summed E-state index contributed by atoms with van der Waals surface area (Å²) in [5.74, 6) is 2.18. The zero-order chi connectivity index (χ0) is 18.3. The molecule has 2 saturated heterocycles. The Bertz CT molecular complexity index is 692. The van der Waals surface area contributed by atoms with Gasteiger partial charge in [0, 0.05) is 44.1 Å². The normalized spacial score (nSPS) is 27.8. The lowest BCUT2D eigenvalue weighted by Crippen LogP contribution is -2.40. The van der Waals surface area contributed by atoms with Crippen LogP contribution in [0, 0.1) is 17.3 Å². The van der Waals surface area contributed by atoms with Gasteiger partial charge in [-0.2, -0.15) is 0 Å². The smallest absolute Gasteiger partial charge is 0.225 e. The minimum atomic E-state index is -0.182. The van der Waals surface area contributed by atoms with E-state index in [0.717, 1.165) is 37.7 Å². The first-order valence-electron chi connectivity index (χ1n) is 9.51. The van der Waals surface area contributed by atoms with Crippen molar-refractivity contribution in [3.05, 3.63) is 23.8 Å². The highest BCUT2D eigenvalue weighted by Gasteiger charge is 2.53. The average molecular weight is 360 g/mol. The molecule has 26 heavy (non-hydrogen) atoms. The lowest BCUT2D eigenvalue weighted by Gasteiger charge is -2.28. The first-order valence-corrected chi connectivity index (χ1v) is 9.51. The molecule has 3 aliphatic heterocycles. The summed E-state index contributed by atoms with van der Waals surface area (Å²) in [7, 11) is 0. The standard InChI is InChI=1S/C20H28N2O4/c1-14(2)19(24)22-10-16-9-21(11-20(16,12-22)13-23)8-15-3-4-17-18(7-15)26-6-5-25-17/h3-4,7,14,16,23H,5-6,8-13H2,1-2H3/t16-,20+/m0/s1. The zero-order valence-corrected chi connectivity index (χ0v) is 15.6. The van der Waals surface area contributed by atoms with Crippen LogP contribution in [-0.4, -0.2) is 66.8 Å². The number of aliphatic hydroxyl groups excluding tert-OH is 1. The topological polar surface area (TPSA) is 62.2 Å². The van der Waals surface area contributed by atoms with Crippen LogP contribution in [0.25, 0.3) is 0 Å². The second kappa shape index (κ2) is 6.74. The number of rotatable bonds is 4. The van der Waals surface area contributed by atoms with Crippen molar-refractivity contribution >= 4 is 5.91 Å². The Labute approximate surface area is 154 Å². The summed E-state index contributed by atoms with van der Waals surface area (Å²) in [6, 6.07) is 6.12. The Balaban J connectivity index is 1.43. The van der Waals surface area contributed by atoms with E-state index in [-0.39, 0.29) is 23.8 Å². The number of carbonyl (C=O) groups excluding carboxylic acids is 1. The van der Waals surface area contributed by atoms with Crippen molar-refractivity contribution in [2.45, 2.75) is 20.4 Å². The van der Waals surface area contributed by atoms with E-state index in [4.69, 9.17) is 9.47 Å². The molecule has 0 aliphatic carbocycles. The Morgan fingerprint density at radius 3 is 2.69 bits per heavy atom. The van der Waals surface area contributed by atoms with Gasteiger partial charge in [-0.05, 0) is 23.6 Å². The van der Waals surface area contributed by atoms with E-state index in [0.29, 0.717) is 25.7 Å². The highest BCUT2D eigenvalue weighted by atomic mass is 16.6. The average Bonchev–Trinajstić information content (AvgIpc) is 3.15. The van der Waals surface area contributed by atoms with E-state index >= 15 is 0 Å². The molecular weight excluding hydrogens is 332 g/mol. The number of hydrogen-bond donors (Lipinski definition) is 1. The van der Waals surface area contributed by atoms with E-state index in [1.807, 2.05) is 24.8 Å². The van der Waals surface area contributed by atoms with Crippen molar-refractivity contribution in [2.75, 3.05) is 46.0 Å². The van der Waals surface area contributed by atoms with E-state index in [9.17, 15) is 9.90 Å². The zero-order valence-electron chi connectivity index (χ0n) is 15.6. The van der Waals surface area contributed by atoms with Crippen LogP contribution >= 0.6 is 0 Å². The Morgan fingerprint density at radius 1 is 1.23 bits per heavy atom. The Kier molecular flexibility index (Phi) is 4.57. The molecule has 1 N–H and O–H groups in total. The predicted molar refractivity (Wildman–Crippen MR) is 97.1 cm³/mol. The van der Waals surface area contributed by atoms with Gasteiger partial charge < -0.3 is 19.5 Å². The van der Waals surface area contributed by atoms with Gasteiger partial charge in [-0.3, -0.25) is 9.69 Å². The SMILES string of the molecule is CC(C)C(=O)N1C[C@@H]2CN(Cc3ccc4c(c3)OCCO4)C[C@]2(CO)C1. The van der Waals surface area contributed by atoms with Gasteiger partial charge in [0.15, 0.2) is 11.5 Å². The molecule has 4 rings (SSSR count). The van der Waals surface area contributed by atoms with Crippen molar-refractivity contribution in [2.24, 2.45) is 17.3 Å². The molecule has 0 saturated carbocycles. The highest BCUT2D eigenvalue weighted by Crippen LogP contribution is 2.43. The summed E-state index contributed by atoms with van der Waals surface area (Å²) in [6.07, 6.45) is 0. The van der Waals surface area contributed by atoms with Crippen molar-refractivity contribution < 1.29 is 19.4 Å². The summed E-state index contributed by atoms with van der Waals surface area (Å²) >= 11 is 0. The predicted octanol–water partition coefficient (Wildman–Crippen LogP) is 1.37. The minimum Gasteiger partial charge on any atom is -0.486 e. The van der Waals surface area contributed by atoms with Crippen LogP contribution in [0.5, 0.6) is 11.5 Å². The summed E-state index contributed by atoms with van der Waals surface area (Å²) in [4.78, 5) is 16.7. The first kappa shape index (κ1) is 17.6. The Morgan fingerprint density at radius 2 is 2.00 bits per heavy atom. The lowest BCUT2D eigenvalue weighted by atomic mass is 9.82. The number of fused-ring (bicyclic) bond motifs is 2. The van der Waals surface area contributed by atoms with Gasteiger partial charge in [-0.15, -0.1) is 0 Å². The van der Waals surface area contributed by atoms with E-state index in [1.165, 1.54) is 5.56 Å². The second-order valence-corrected chi connectivity index (χ2v) is 8.24. The largest absolute Gasteiger partial charge is 0.486 e. The fourth-order valence-corrected chi connectivity index (χ4v) is 4.61. The van der Waals surface area contributed by atoms with Crippen LogP contribution in [0.4, 0.5) is 0 Å². The number of carbonyl (C=O) groups is 1. The number of ether oxygens (including phenoxy) is 2. The van der Waals surface area contributed by atoms with Gasteiger partial charge in [0.2, 0.25) is 5.91 Å². The van der Waals surface area contributed by atoms with Gasteiger partial charge in [-0.25, -0.2) is 0 Å². The third-order valence-corrected chi connectivity index (χ3v) is 5.96. The molecular formula is C20H28N2O4. The summed E-state index contributed by atoms with van der Waals surface area (Å²) < 4.78 is 11.3. The van der Waals surface area contributed by atoms with E-state index < -0.39 is 0 Å². The molecule has 6 nitrogen and oxygen atoms in total. The quantitative estimate of drug-likeness (QED) is 0.879. The number of benzene rings is 1. The van der Waals surface area contributed by atoms with E-state index in [1.54, 1.807) is 0 Å². The summed E-state index contributed by atoms with van der Waals surface area (Å²) in [5, 5.41) is 10.1. The van der Waals surface area contributed by atoms with Crippen LogP contribution in [0.1, 0.15) is 19.4 Å². The molecule has 6 heteroatoms. The molecule has 142 valence electrons. The molecule has 3 aliphatic rings. The van der Waals surface area contributed by atoms with Gasteiger partial charge in [0.1, 0.15) is 13.2 Å². The molecule has 0 radical (unpaired) electrons. The van der Waals surface area contributed by atoms with Crippen LogP contribution in [0.3, 0.4) is 0 Å². The van der Waals surface area contributed by atoms with Crippen LogP contribution < -0.4 is 9.47 Å². The molecule has 0 aromatic heterocycles. The monoisotopic (exact) mass is 360 g/mol. The van der Waals surface area contributed by atoms with Gasteiger partial charge in [0.25, 0.3) is 0 Å².